The third kappa shape index (κ3) is 2.07. The number of carbonyl (C=O) groups is 1. The van der Waals surface area contributed by atoms with Crippen molar-refractivity contribution in [2.24, 2.45) is 0 Å². The van der Waals surface area contributed by atoms with E-state index < -0.39 is 29.0 Å². The second-order valence-electron chi connectivity index (χ2n) is 2.91. The monoisotopic (exact) mass is 243 g/mol. The number of aromatic nitrogens is 4. The van der Waals surface area contributed by atoms with Crippen molar-refractivity contribution in [1.82, 2.24) is 20.6 Å². The number of nitrogens with one attached hydrogen (secondary N) is 2. The molecular weight excluding hydrogens is 239 g/mol. The molecule has 0 aliphatic heterocycles. The Morgan fingerprint density at radius 1 is 1.24 bits per heavy atom. The van der Waals surface area contributed by atoms with Crippen molar-refractivity contribution in [1.29, 1.82) is 0 Å². The maximum Gasteiger partial charge on any atom is 0.297 e. The molecule has 0 aliphatic rings. The van der Waals surface area contributed by atoms with E-state index in [4.69, 9.17) is 0 Å². The van der Waals surface area contributed by atoms with E-state index in [1.807, 2.05) is 10.5 Å². The van der Waals surface area contributed by atoms with Crippen LogP contribution in [0.2, 0.25) is 0 Å². The summed E-state index contributed by atoms with van der Waals surface area (Å²) >= 11 is 0. The number of nitrogens with zero attached hydrogens (tertiary/aromatic N) is 3. The highest BCUT2D eigenvalue weighted by Crippen LogP contribution is 2.19. The average molecular weight is 243 g/mol. The number of amides is 1. The number of H-pyrrole nitrogens is 1. The van der Waals surface area contributed by atoms with Crippen molar-refractivity contribution in [3.8, 4) is 0 Å². The van der Waals surface area contributed by atoms with Crippen molar-refractivity contribution in [2.75, 3.05) is 5.32 Å². The molecule has 0 radical (unpaired) electrons. The highest BCUT2D eigenvalue weighted by molar-refractivity contribution is 6.01. The summed E-state index contributed by atoms with van der Waals surface area (Å²) in [6.07, 6.45) is 0. The van der Waals surface area contributed by atoms with E-state index in [-0.39, 0.29) is 5.82 Å². The number of carbonyl (C=O) groups excluding carboxylic acids is 1. The Hall–Kier alpha value is -2.45. The molecule has 0 unspecified atom stereocenters. The van der Waals surface area contributed by atoms with E-state index in [2.05, 4.69) is 15.4 Å². The van der Waals surface area contributed by atoms with Gasteiger partial charge in [-0.1, -0.05) is 0 Å². The van der Waals surface area contributed by atoms with Crippen LogP contribution in [0.1, 0.15) is 10.6 Å². The van der Waals surface area contributed by atoms with Gasteiger partial charge in [0.15, 0.2) is 17.5 Å². The fraction of sp³-hybridized carbons (Fsp3) is 0. The molecule has 0 atom stereocenters. The quantitative estimate of drug-likeness (QED) is 0.766. The van der Waals surface area contributed by atoms with E-state index in [1.165, 1.54) is 0 Å². The minimum absolute atomic E-state index is 0.353. The zero-order valence-corrected chi connectivity index (χ0v) is 8.04. The molecule has 2 rings (SSSR count). The SMILES string of the molecule is O=C(Nc1ccc(F)c(F)c1F)c1nn[nH]n1. The van der Waals surface area contributed by atoms with Crippen LogP contribution < -0.4 is 5.32 Å². The molecule has 88 valence electrons. The number of tetrazole rings is 1. The van der Waals surface area contributed by atoms with Gasteiger partial charge in [-0.2, -0.15) is 5.21 Å². The maximum absolute atomic E-state index is 13.2. The van der Waals surface area contributed by atoms with E-state index in [9.17, 15) is 18.0 Å². The predicted molar refractivity (Wildman–Crippen MR) is 48.4 cm³/mol. The molecule has 1 aromatic carbocycles. The lowest BCUT2D eigenvalue weighted by Crippen LogP contribution is -2.15. The van der Waals surface area contributed by atoms with Crippen LogP contribution >= 0.6 is 0 Å². The molecule has 1 heterocycles. The number of aromatic amines is 1. The van der Waals surface area contributed by atoms with Gasteiger partial charge in [0.05, 0.1) is 5.69 Å². The first kappa shape index (κ1) is 11.0. The average Bonchev–Trinajstić information content (AvgIpc) is 2.83. The van der Waals surface area contributed by atoms with Crippen LogP contribution in [0.5, 0.6) is 0 Å². The number of anilines is 1. The van der Waals surface area contributed by atoms with Crippen LogP contribution in [-0.2, 0) is 0 Å². The molecule has 1 aromatic heterocycles. The van der Waals surface area contributed by atoms with Gasteiger partial charge in [0, 0.05) is 0 Å². The van der Waals surface area contributed by atoms with E-state index >= 15 is 0 Å². The molecule has 0 saturated heterocycles. The van der Waals surface area contributed by atoms with Crippen LogP contribution in [0.4, 0.5) is 18.9 Å². The number of benzene rings is 1. The zero-order chi connectivity index (χ0) is 12.4. The maximum atomic E-state index is 13.2. The number of hydrogen-bond acceptors (Lipinski definition) is 4. The van der Waals surface area contributed by atoms with Gasteiger partial charge in [-0.15, -0.1) is 10.2 Å². The molecule has 6 nitrogen and oxygen atoms in total. The second-order valence-corrected chi connectivity index (χ2v) is 2.91. The largest absolute Gasteiger partial charge is 0.316 e. The van der Waals surface area contributed by atoms with Crippen molar-refractivity contribution < 1.29 is 18.0 Å². The molecule has 0 saturated carbocycles. The summed E-state index contributed by atoms with van der Waals surface area (Å²) in [7, 11) is 0. The molecule has 1 amide bonds. The van der Waals surface area contributed by atoms with Crippen molar-refractivity contribution >= 4 is 11.6 Å². The molecular formula is C8H4F3N5O. The molecule has 9 heteroatoms. The van der Waals surface area contributed by atoms with Crippen LogP contribution in [0.3, 0.4) is 0 Å². The Labute approximate surface area is 91.8 Å². The molecule has 0 spiro atoms. The standard InChI is InChI=1S/C8H4F3N5O/c9-3-1-2-4(6(11)5(3)10)12-8(17)7-13-15-16-14-7/h1-2H,(H,12,17)(H,13,14,15,16). The van der Waals surface area contributed by atoms with Crippen LogP contribution in [0.15, 0.2) is 12.1 Å². The Balaban J connectivity index is 2.25. The van der Waals surface area contributed by atoms with E-state index in [0.717, 1.165) is 6.07 Å². The summed E-state index contributed by atoms with van der Waals surface area (Å²) in [5.74, 6) is -5.77. The van der Waals surface area contributed by atoms with Gasteiger partial charge < -0.3 is 5.32 Å². The second kappa shape index (κ2) is 4.20. The van der Waals surface area contributed by atoms with E-state index in [0.29, 0.717) is 6.07 Å². The zero-order valence-electron chi connectivity index (χ0n) is 8.04. The number of rotatable bonds is 2. The highest BCUT2D eigenvalue weighted by atomic mass is 19.2. The van der Waals surface area contributed by atoms with Crippen LogP contribution in [-0.4, -0.2) is 26.5 Å². The fourth-order valence-corrected chi connectivity index (χ4v) is 1.06. The lowest BCUT2D eigenvalue weighted by Gasteiger charge is -2.04. The topological polar surface area (TPSA) is 83.6 Å². The highest BCUT2D eigenvalue weighted by Gasteiger charge is 2.17. The molecule has 17 heavy (non-hydrogen) atoms. The summed E-state index contributed by atoms with van der Waals surface area (Å²) in [5, 5.41) is 13.8. The summed E-state index contributed by atoms with van der Waals surface area (Å²) in [6.45, 7) is 0. The Kier molecular flexibility index (Phi) is 2.73. The molecule has 0 bridgehead atoms. The number of halogens is 3. The minimum Gasteiger partial charge on any atom is -0.316 e. The smallest absolute Gasteiger partial charge is 0.297 e. The summed E-state index contributed by atoms with van der Waals surface area (Å²) in [6, 6.07) is 1.57. The van der Waals surface area contributed by atoms with Crippen molar-refractivity contribution in [3.63, 3.8) is 0 Å². The third-order valence-electron chi connectivity index (χ3n) is 1.83. The molecule has 2 aromatic rings. The molecule has 0 fully saturated rings. The van der Waals surface area contributed by atoms with Crippen LogP contribution in [0, 0.1) is 17.5 Å². The van der Waals surface area contributed by atoms with Crippen molar-refractivity contribution in [2.45, 2.75) is 0 Å². The first-order chi connectivity index (χ1) is 8.09. The normalized spacial score (nSPS) is 10.3. The van der Waals surface area contributed by atoms with Crippen LogP contribution in [0.25, 0.3) is 0 Å². The minimum atomic E-state index is -1.67. The van der Waals surface area contributed by atoms with E-state index in [1.54, 1.807) is 0 Å². The Morgan fingerprint density at radius 2 is 2.00 bits per heavy atom. The van der Waals surface area contributed by atoms with Gasteiger partial charge in [0.1, 0.15) is 0 Å². The molecule has 0 aliphatic carbocycles. The molecule has 2 N–H and O–H groups in total. The van der Waals surface area contributed by atoms with Gasteiger partial charge >= 0.3 is 0 Å². The Morgan fingerprint density at radius 3 is 2.65 bits per heavy atom. The lowest BCUT2D eigenvalue weighted by atomic mass is 10.2. The van der Waals surface area contributed by atoms with Crippen molar-refractivity contribution in [3.05, 3.63) is 35.4 Å². The van der Waals surface area contributed by atoms with Gasteiger partial charge in [-0.25, -0.2) is 13.2 Å². The van der Waals surface area contributed by atoms with Gasteiger partial charge in [0.2, 0.25) is 0 Å². The fourth-order valence-electron chi connectivity index (χ4n) is 1.06. The Bertz CT molecular complexity index is 557. The summed E-state index contributed by atoms with van der Waals surface area (Å²) in [4.78, 5) is 11.3. The third-order valence-corrected chi connectivity index (χ3v) is 1.83. The first-order valence-electron chi connectivity index (χ1n) is 4.28. The first-order valence-corrected chi connectivity index (χ1v) is 4.28. The van der Waals surface area contributed by atoms with Gasteiger partial charge in [0.25, 0.3) is 11.7 Å². The lowest BCUT2D eigenvalue weighted by molar-refractivity contribution is 0.101. The van der Waals surface area contributed by atoms with Gasteiger partial charge in [-0.3, -0.25) is 4.79 Å². The number of hydrogen-bond donors (Lipinski definition) is 2. The predicted octanol–water partition coefficient (Wildman–Crippen LogP) is 0.869. The van der Waals surface area contributed by atoms with Gasteiger partial charge in [-0.05, 0) is 17.3 Å². The summed E-state index contributed by atoms with van der Waals surface area (Å²) < 4.78 is 38.6. The summed E-state index contributed by atoms with van der Waals surface area (Å²) in [5.41, 5.74) is -0.515.